The molecule has 1 aromatic heterocycles. The van der Waals surface area contributed by atoms with Gasteiger partial charge in [0.1, 0.15) is 0 Å². The Bertz CT molecular complexity index is 629. The highest BCUT2D eigenvalue weighted by Gasteiger charge is 2.29. The largest absolute Gasteiger partial charge is 0.372 e. The Morgan fingerprint density at radius 3 is 3.00 bits per heavy atom. The molecule has 2 heterocycles. The fraction of sp³-hybridized carbons (Fsp3) is 0.375. The number of ether oxygens (including phenoxy) is 1. The average Bonchev–Trinajstić information content (AvgIpc) is 3.14. The zero-order valence-electron chi connectivity index (χ0n) is 12.4. The van der Waals surface area contributed by atoms with Crippen LogP contribution in [0.1, 0.15) is 30.7 Å². The van der Waals surface area contributed by atoms with E-state index in [9.17, 15) is 4.79 Å². The van der Waals surface area contributed by atoms with Crippen molar-refractivity contribution in [3.05, 3.63) is 47.0 Å². The normalized spacial score (nSPS) is 21.0. The third-order valence-electron chi connectivity index (χ3n) is 3.60. The van der Waals surface area contributed by atoms with Crippen LogP contribution in [-0.2, 0) is 16.1 Å². The van der Waals surface area contributed by atoms with Gasteiger partial charge in [0, 0.05) is 31.5 Å². The number of hydrogen-bond donors (Lipinski definition) is 2. The van der Waals surface area contributed by atoms with E-state index < -0.39 is 0 Å². The van der Waals surface area contributed by atoms with Gasteiger partial charge in [-0.2, -0.15) is 0 Å². The minimum Gasteiger partial charge on any atom is -0.372 e. The first kappa shape index (κ1) is 15.1. The highest BCUT2D eigenvalue weighted by Crippen LogP contribution is 2.29. The molecule has 22 heavy (non-hydrogen) atoms. The SMILES string of the molecule is CC(=O)Nc1nc(CN[C@H]2CCO[C@H]2c2ccccc2)cs1. The molecule has 0 radical (unpaired) electrons. The Kier molecular flexibility index (Phi) is 4.82. The van der Waals surface area contributed by atoms with Crippen LogP contribution in [0.5, 0.6) is 0 Å². The van der Waals surface area contributed by atoms with Crippen LogP contribution in [0.15, 0.2) is 35.7 Å². The van der Waals surface area contributed by atoms with E-state index in [2.05, 4.69) is 27.8 Å². The van der Waals surface area contributed by atoms with Gasteiger partial charge in [-0.3, -0.25) is 4.79 Å². The number of anilines is 1. The molecule has 1 aliphatic heterocycles. The first-order valence-corrected chi connectivity index (χ1v) is 8.22. The summed E-state index contributed by atoms with van der Waals surface area (Å²) in [7, 11) is 0. The molecule has 1 aliphatic rings. The number of carbonyl (C=O) groups is 1. The molecule has 5 nitrogen and oxygen atoms in total. The van der Waals surface area contributed by atoms with Crippen LogP contribution < -0.4 is 10.6 Å². The van der Waals surface area contributed by atoms with Gasteiger partial charge in [-0.1, -0.05) is 30.3 Å². The van der Waals surface area contributed by atoms with Gasteiger partial charge in [-0.25, -0.2) is 4.98 Å². The number of rotatable bonds is 5. The number of thiazole rings is 1. The summed E-state index contributed by atoms with van der Waals surface area (Å²) >= 11 is 1.44. The van der Waals surface area contributed by atoms with Gasteiger partial charge in [0.2, 0.25) is 5.91 Å². The van der Waals surface area contributed by atoms with Crippen molar-refractivity contribution in [2.24, 2.45) is 0 Å². The second-order valence-corrected chi connectivity index (χ2v) is 6.16. The minimum absolute atomic E-state index is 0.0923. The lowest BCUT2D eigenvalue weighted by Gasteiger charge is -2.19. The maximum atomic E-state index is 11.0. The molecule has 0 aliphatic carbocycles. The predicted octanol–water partition coefficient (Wildman–Crippen LogP) is 2.72. The topological polar surface area (TPSA) is 63.2 Å². The molecule has 1 fully saturated rings. The summed E-state index contributed by atoms with van der Waals surface area (Å²) in [5.74, 6) is -0.0952. The van der Waals surface area contributed by atoms with E-state index >= 15 is 0 Å². The summed E-state index contributed by atoms with van der Waals surface area (Å²) in [5, 5.41) is 8.83. The molecule has 0 unspecified atom stereocenters. The molecule has 1 amide bonds. The quantitative estimate of drug-likeness (QED) is 0.890. The van der Waals surface area contributed by atoms with Crippen molar-refractivity contribution in [1.29, 1.82) is 0 Å². The van der Waals surface area contributed by atoms with Gasteiger partial charge in [0.05, 0.1) is 11.8 Å². The van der Waals surface area contributed by atoms with Gasteiger partial charge in [0.25, 0.3) is 0 Å². The van der Waals surface area contributed by atoms with Crippen LogP contribution in [0, 0.1) is 0 Å². The molecule has 0 saturated carbocycles. The van der Waals surface area contributed by atoms with Crippen LogP contribution >= 0.6 is 11.3 Å². The van der Waals surface area contributed by atoms with Crippen LogP contribution in [0.3, 0.4) is 0 Å². The molecule has 0 bridgehead atoms. The molecule has 2 aromatic rings. The second-order valence-electron chi connectivity index (χ2n) is 5.30. The van der Waals surface area contributed by atoms with Crippen molar-refractivity contribution in [1.82, 2.24) is 10.3 Å². The molecular formula is C16H19N3O2S. The first-order valence-electron chi connectivity index (χ1n) is 7.34. The van der Waals surface area contributed by atoms with Crippen LogP contribution in [-0.4, -0.2) is 23.5 Å². The van der Waals surface area contributed by atoms with Crippen molar-refractivity contribution in [2.75, 3.05) is 11.9 Å². The molecule has 6 heteroatoms. The lowest BCUT2D eigenvalue weighted by atomic mass is 10.0. The van der Waals surface area contributed by atoms with Gasteiger partial charge >= 0.3 is 0 Å². The molecular weight excluding hydrogens is 298 g/mol. The molecule has 2 N–H and O–H groups in total. The standard InChI is InChI=1S/C16H19N3O2S/c1-11(20)18-16-19-13(10-22-16)9-17-14-7-8-21-15(14)12-5-3-2-4-6-12/h2-6,10,14-15,17H,7-9H2,1H3,(H,18,19,20)/t14-,15-/m0/s1. The first-order chi connectivity index (χ1) is 10.7. The van der Waals surface area contributed by atoms with E-state index in [4.69, 9.17) is 4.74 Å². The Morgan fingerprint density at radius 2 is 2.23 bits per heavy atom. The predicted molar refractivity (Wildman–Crippen MR) is 86.8 cm³/mol. The van der Waals surface area contributed by atoms with E-state index in [0.29, 0.717) is 11.7 Å². The van der Waals surface area contributed by atoms with Gasteiger partial charge in [0.15, 0.2) is 5.13 Å². The Morgan fingerprint density at radius 1 is 1.41 bits per heavy atom. The van der Waals surface area contributed by atoms with Crippen molar-refractivity contribution in [3.63, 3.8) is 0 Å². The lowest BCUT2D eigenvalue weighted by molar-refractivity contribution is -0.114. The van der Waals surface area contributed by atoms with Crippen LogP contribution in [0.2, 0.25) is 0 Å². The van der Waals surface area contributed by atoms with Crippen molar-refractivity contribution < 1.29 is 9.53 Å². The Balaban J connectivity index is 1.58. The maximum absolute atomic E-state index is 11.0. The number of nitrogens with one attached hydrogen (secondary N) is 2. The zero-order valence-corrected chi connectivity index (χ0v) is 13.2. The van der Waals surface area contributed by atoms with E-state index in [-0.39, 0.29) is 18.1 Å². The van der Waals surface area contributed by atoms with Gasteiger partial charge in [-0.15, -0.1) is 11.3 Å². The number of hydrogen-bond acceptors (Lipinski definition) is 5. The molecule has 3 rings (SSSR count). The molecule has 1 aromatic carbocycles. The molecule has 1 saturated heterocycles. The summed E-state index contributed by atoms with van der Waals surface area (Å²) < 4.78 is 5.86. The molecule has 2 atom stereocenters. The summed E-state index contributed by atoms with van der Waals surface area (Å²) in [4.78, 5) is 15.4. The van der Waals surface area contributed by atoms with Gasteiger partial charge in [-0.05, 0) is 12.0 Å². The van der Waals surface area contributed by atoms with E-state index in [0.717, 1.165) is 18.7 Å². The summed E-state index contributed by atoms with van der Waals surface area (Å²) in [6.07, 6.45) is 1.08. The summed E-state index contributed by atoms with van der Waals surface area (Å²) in [6.45, 7) is 2.93. The summed E-state index contributed by atoms with van der Waals surface area (Å²) in [6, 6.07) is 10.6. The number of carbonyl (C=O) groups excluding carboxylic acids is 1. The third kappa shape index (κ3) is 3.71. The highest BCUT2D eigenvalue weighted by molar-refractivity contribution is 7.13. The van der Waals surface area contributed by atoms with E-state index in [1.54, 1.807) is 0 Å². The minimum atomic E-state index is -0.0952. The zero-order chi connectivity index (χ0) is 15.4. The van der Waals surface area contributed by atoms with Gasteiger partial charge < -0.3 is 15.4 Å². The van der Waals surface area contributed by atoms with E-state index in [1.807, 2.05) is 23.6 Å². The third-order valence-corrected chi connectivity index (χ3v) is 4.41. The number of aromatic nitrogens is 1. The van der Waals surface area contributed by atoms with E-state index in [1.165, 1.54) is 23.8 Å². The smallest absolute Gasteiger partial charge is 0.223 e. The number of amides is 1. The molecule has 116 valence electrons. The maximum Gasteiger partial charge on any atom is 0.223 e. The Labute approximate surface area is 133 Å². The monoisotopic (exact) mass is 317 g/mol. The number of nitrogens with zero attached hydrogens (tertiary/aromatic N) is 1. The van der Waals surface area contributed by atoms with Crippen molar-refractivity contribution in [3.8, 4) is 0 Å². The molecule has 0 spiro atoms. The fourth-order valence-corrected chi connectivity index (χ4v) is 3.36. The number of benzene rings is 1. The second kappa shape index (κ2) is 7.00. The average molecular weight is 317 g/mol. The summed E-state index contributed by atoms with van der Waals surface area (Å²) in [5.41, 5.74) is 2.14. The highest BCUT2D eigenvalue weighted by atomic mass is 32.1. The van der Waals surface area contributed by atoms with Crippen LogP contribution in [0.25, 0.3) is 0 Å². The Hall–Kier alpha value is -1.76. The van der Waals surface area contributed by atoms with Crippen molar-refractivity contribution in [2.45, 2.75) is 32.0 Å². The lowest BCUT2D eigenvalue weighted by Crippen LogP contribution is -2.31. The van der Waals surface area contributed by atoms with Crippen molar-refractivity contribution >= 4 is 22.4 Å². The van der Waals surface area contributed by atoms with Crippen LogP contribution in [0.4, 0.5) is 5.13 Å². The fourth-order valence-electron chi connectivity index (χ4n) is 2.60.